The van der Waals surface area contributed by atoms with E-state index in [1.807, 2.05) is 0 Å². The number of ether oxygens (including phenoxy) is 1. The molecule has 0 heterocycles. The lowest BCUT2D eigenvalue weighted by molar-refractivity contribution is -0.384. The second-order valence-corrected chi connectivity index (χ2v) is 2.46. The van der Waals surface area contributed by atoms with Crippen molar-refractivity contribution in [2.24, 2.45) is 0 Å². The second-order valence-electron chi connectivity index (χ2n) is 2.46. The molecule has 0 fully saturated rings. The number of nitro groups is 1. The minimum Gasteiger partial charge on any atom is -0.478 e. The molecule has 1 rings (SSSR count). The molecule has 2 N–H and O–H groups in total. The minimum absolute atomic E-state index is 0.155. The van der Waals surface area contributed by atoms with Crippen molar-refractivity contribution >= 4 is 11.4 Å². The van der Waals surface area contributed by atoms with E-state index in [0.29, 0.717) is 0 Å². The van der Waals surface area contributed by atoms with Gasteiger partial charge in [-0.2, -0.15) is 5.26 Å². The summed E-state index contributed by atoms with van der Waals surface area (Å²) in [6.45, 7) is -0.166. The molecule has 72 valence electrons. The Hall–Kier alpha value is -2.29. The van der Waals surface area contributed by atoms with Crippen molar-refractivity contribution in [2.45, 2.75) is 0 Å². The molecule has 0 aromatic heterocycles. The molecule has 1 aromatic rings. The monoisotopic (exact) mass is 193 g/mol. The quantitative estimate of drug-likeness (QED) is 0.439. The molecular formula is C8H7N3O3. The predicted octanol–water partition coefficient (Wildman–Crippen LogP) is 1.08. The van der Waals surface area contributed by atoms with Gasteiger partial charge in [0.1, 0.15) is 11.8 Å². The zero-order valence-electron chi connectivity index (χ0n) is 7.14. The van der Waals surface area contributed by atoms with Crippen LogP contribution >= 0.6 is 0 Å². The van der Waals surface area contributed by atoms with Crippen molar-refractivity contribution in [3.05, 3.63) is 28.3 Å². The predicted molar refractivity (Wildman–Crippen MR) is 48.6 cm³/mol. The van der Waals surface area contributed by atoms with Crippen LogP contribution in [-0.2, 0) is 0 Å². The lowest BCUT2D eigenvalue weighted by Crippen LogP contribution is -1.97. The molecule has 0 radical (unpaired) electrons. The first-order chi connectivity index (χ1) is 6.63. The number of nitrogens with two attached hydrogens (primary N) is 1. The van der Waals surface area contributed by atoms with E-state index in [-0.39, 0.29) is 23.7 Å². The maximum absolute atomic E-state index is 10.4. The Balaban J connectivity index is 2.96. The van der Waals surface area contributed by atoms with E-state index in [2.05, 4.69) is 0 Å². The molecule has 0 saturated carbocycles. The summed E-state index contributed by atoms with van der Waals surface area (Å²) in [5, 5.41) is 18.6. The average Bonchev–Trinajstić information content (AvgIpc) is 2.14. The van der Waals surface area contributed by atoms with Crippen LogP contribution in [0.2, 0.25) is 0 Å². The number of hydrogen-bond donors (Lipinski definition) is 1. The van der Waals surface area contributed by atoms with Gasteiger partial charge in [-0.25, -0.2) is 0 Å². The van der Waals surface area contributed by atoms with E-state index < -0.39 is 4.92 Å². The highest BCUT2D eigenvalue weighted by Gasteiger charge is 2.08. The summed E-state index contributed by atoms with van der Waals surface area (Å²) >= 11 is 0. The van der Waals surface area contributed by atoms with Crippen LogP contribution in [0.5, 0.6) is 5.75 Å². The molecule has 0 aliphatic rings. The van der Waals surface area contributed by atoms with Crippen LogP contribution < -0.4 is 10.5 Å². The van der Waals surface area contributed by atoms with Crippen molar-refractivity contribution in [2.75, 3.05) is 12.3 Å². The first kappa shape index (κ1) is 9.80. The molecular weight excluding hydrogens is 186 g/mol. The zero-order valence-corrected chi connectivity index (χ0v) is 7.14. The first-order valence-corrected chi connectivity index (χ1v) is 3.68. The molecule has 0 amide bonds. The van der Waals surface area contributed by atoms with E-state index >= 15 is 0 Å². The van der Waals surface area contributed by atoms with E-state index in [4.69, 9.17) is 15.7 Å². The van der Waals surface area contributed by atoms with Crippen LogP contribution in [-0.4, -0.2) is 11.5 Å². The lowest BCUT2D eigenvalue weighted by Gasteiger charge is -2.02. The summed E-state index contributed by atoms with van der Waals surface area (Å²) < 4.78 is 4.88. The van der Waals surface area contributed by atoms with Crippen molar-refractivity contribution in [1.29, 1.82) is 5.26 Å². The van der Waals surface area contributed by atoms with Gasteiger partial charge in [-0.05, 0) is 0 Å². The van der Waals surface area contributed by atoms with Crippen molar-refractivity contribution in [3.63, 3.8) is 0 Å². The number of non-ortho nitro benzene ring substituents is 1. The van der Waals surface area contributed by atoms with Crippen LogP contribution in [0.3, 0.4) is 0 Å². The first-order valence-electron chi connectivity index (χ1n) is 3.68. The minimum atomic E-state index is -0.574. The summed E-state index contributed by atoms with van der Waals surface area (Å²) in [6, 6.07) is 5.61. The zero-order chi connectivity index (χ0) is 10.6. The Morgan fingerprint density at radius 2 is 2.29 bits per heavy atom. The van der Waals surface area contributed by atoms with Gasteiger partial charge < -0.3 is 10.5 Å². The van der Waals surface area contributed by atoms with Gasteiger partial charge in [0.15, 0.2) is 6.61 Å². The third-order valence-corrected chi connectivity index (χ3v) is 1.43. The van der Waals surface area contributed by atoms with E-state index in [1.165, 1.54) is 18.2 Å². The molecule has 0 bridgehead atoms. The van der Waals surface area contributed by atoms with Gasteiger partial charge in [0.25, 0.3) is 5.69 Å². The Bertz CT molecular complexity index is 397. The molecule has 6 nitrogen and oxygen atoms in total. The SMILES string of the molecule is N#CCOc1cc(N)cc([N+](=O)[O-])c1. The molecule has 0 aliphatic heterocycles. The summed E-state index contributed by atoms with van der Waals surface area (Å²) in [4.78, 5) is 9.83. The van der Waals surface area contributed by atoms with E-state index in [0.717, 1.165) is 0 Å². The van der Waals surface area contributed by atoms with E-state index in [1.54, 1.807) is 6.07 Å². The number of nitrogens with zero attached hydrogens (tertiary/aromatic N) is 2. The van der Waals surface area contributed by atoms with Gasteiger partial charge in [-0.15, -0.1) is 0 Å². The Morgan fingerprint density at radius 1 is 1.57 bits per heavy atom. The number of nitro benzene ring substituents is 1. The highest BCUT2D eigenvalue weighted by molar-refractivity contribution is 5.53. The van der Waals surface area contributed by atoms with Gasteiger partial charge in [0.2, 0.25) is 0 Å². The van der Waals surface area contributed by atoms with Crippen LogP contribution in [0.25, 0.3) is 0 Å². The third kappa shape index (κ3) is 2.35. The third-order valence-electron chi connectivity index (χ3n) is 1.43. The number of nitriles is 1. The lowest BCUT2D eigenvalue weighted by atomic mass is 10.2. The Labute approximate surface area is 79.7 Å². The van der Waals surface area contributed by atoms with Crippen LogP contribution in [0.4, 0.5) is 11.4 Å². The highest BCUT2D eigenvalue weighted by atomic mass is 16.6. The fraction of sp³-hybridized carbons (Fsp3) is 0.125. The van der Waals surface area contributed by atoms with Gasteiger partial charge in [0.05, 0.1) is 11.0 Å². The highest BCUT2D eigenvalue weighted by Crippen LogP contribution is 2.23. The number of benzene rings is 1. The average molecular weight is 193 g/mol. The molecule has 0 saturated heterocycles. The fourth-order valence-corrected chi connectivity index (χ4v) is 0.910. The largest absolute Gasteiger partial charge is 0.478 e. The van der Waals surface area contributed by atoms with Crippen LogP contribution in [0.15, 0.2) is 18.2 Å². The van der Waals surface area contributed by atoms with Crippen molar-refractivity contribution < 1.29 is 9.66 Å². The Kier molecular flexibility index (Phi) is 2.86. The summed E-state index contributed by atoms with van der Waals surface area (Å²) in [5.41, 5.74) is 5.48. The number of anilines is 1. The summed E-state index contributed by atoms with van der Waals surface area (Å²) in [5.74, 6) is 0.221. The van der Waals surface area contributed by atoms with Crippen molar-refractivity contribution in [1.82, 2.24) is 0 Å². The van der Waals surface area contributed by atoms with Gasteiger partial charge in [-0.1, -0.05) is 0 Å². The van der Waals surface area contributed by atoms with Gasteiger partial charge >= 0.3 is 0 Å². The molecule has 0 unspecified atom stereocenters. The molecule has 0 spiro atoms. The smallest absolute Gasteiger partial charge is 0.275 e. The number of hydrogen-bond acceptors (Lipinski definition) is 5. The summed E-state index contributed by atoms with van der Waals surface area (Å²) in [7, 11) is 0. The maximum Gasteiger partial charge on any atom is 0.275 e. The summed E-state index contributed by atoms with van der Waals surface area (Å²) in [6.07, 6.45) is 0. The topological polar surface area (TPSA) is 102 Å². The molecule has 1 aromatic carbocycles. The normalized spacial score (nSPS) is 9.07. The molecule has 14 heavy (non-hydrogen) atoms. The van der Waals surface area contributed by atoms with Crippen LogP contribution in [0.1, 0.15) is 0 Å². The standard InChI is InChI=1S/C8H7N3O3/c9-1-2-14-8-4-6(10)3-7(5-8)11(12)13/h3-5H,2,10H2. The van der Waals surface area contributed by atoms with Gasteiger partial charge in [0, 0.05) is 17.8 Å². The molecule has 6 heteroatoms. The number of rotatable bonds is 3. The van der Waals surface area contributed by atoms with Gasteiger partial charge in [-0.3, -0.25) is 10.1 Å². The second kappa shape index (κ2) is 4.09. The van der Waals surface area contributed by atoms with Crippen molar-refractivity contribution in [3.8, 4) is 11.8 Å². The molecule has 0 atom stereocenters. The maximum atomic E-state index is 10.4. The molecule has 0 aliphatic carbocycles. The van der Waals surface area contributed by atoms with Crippen LogP contribution in [0, 0.1) is 21.4 Å². The van der Waals surface area contributed by atoms with E-state index in [9.17, 15) is 10.1 Å². The fourth-order valence-electron chi connectivity index (χ4n) is 0.910. The Morgan fingerprint density at radius 3 is 2.86 bits per heavy atom. The number of nitrogen functional groups attached to an aromatic ring is 1.